The van der Waals surface area contributed by atoms with Crippen LogP contribution in [0, 0.1) is 0 Å². The van der Waals surface area contributed by atoms with Gasteiger partial charge in [-0.15, -0.1) is 0 Å². The van der Waals surface area contributed by atoms with Crippen molar-refractivity contribution in [2.45, 2.75) is 57.1 Å². The summed E-state index contributed by atoms with van der Waals surface area (Å²) < 4.78 is 5.56. The van der Waals surface area contributed by atoms with Crippen LogP contribution in [0.5, 0.6) is 5.88 Å². The van der Waals surface area contributed by atoms with Gasteiger partial charge >= 0.3 is 0 Å². The van der Waals surface area contributed by atoms with E-state index in [2.05, 4.69) is 26.9 Å². The second-order valence-electron chi connectivity index (χ2n) is 6.11. The molecule has 1 heterocycles. The number of guanidine groups is 1. The molecule has 2 N–H and O–H groups in total. The maximum Gasteiger partial charge on any atom is 0.213 e. The summed E-state index contributed by atoms with van der Waals surface area (Å²) in [6.45, 7) is 4.70. The number of rotatable bonds is 6. The van der Waals surface area contributed by atoms with E-state index >= 15 is 0 Å². The number of aromatic nitrogens is 1. The average Bonchev–Trinajstić information content (AvgIpc) is 3.00. The molecule has 0 radical (unpaired) electrons. The molecule has 0 aliphatic heterocycles. The second-order valence-corrected chi connectivity index (χ2v) is 7.25. The molecule has 5 nitrogen and oxygen atoms in total. The number of nitrogens with one attached hydrogen (secondary N) is 2. The van der Waals surface area contributed by atoms with Gasteiger partial charge in [-0.1, -0.05) is 6.07 Å². The average molecular weight is 337 g/mol. The number of ether oxygens (including phenoxy) is 1. The maximum atomic E-state index is 5.56. The maximum absolute atomic E-state index is 5.56. The first kappa shape index (κ1) is 17.9. The van der Waals surface area contributed by atoms with E-state index in [1.807, 2.05) is 51.0 Å². The Morgan fingerprint density at radius 3 is 2.83 bits per heavy atom. The van der Waals surface area contributed by atoms with Crippen LogP contribution in [0.25, 0.3) is 0 Å². The van der Waals surface area contributed by atoms with Gasteiger partial charge in [0.2, 0.25) is 5.88 Å². The zero-order valence-electron chi connectivity index (χ0n) is 14.5. The van der Waals surface area contributed by atoms with Crippen LogP contribution in [0.15, 0.2) is 23.3 Å². The van der Waals surface area contributed by atoms with E-state index in [9.17, 15) is 0 Å². The monoisotopic (exact) mass is 336 g/mol. The lowest BCUT2D eigenvalue weighted by Gasteiger charge is -2.17. The molecule has 6 heteroatoms. The fourth-order valence-corrected chi connectivity index (χ4v) is 3.48. The zero-order chi connectivity index (χ0) is 16.7. The Labute approximate surface area is 143 Å². The van der Waals surface area contributed by atoms with Gasteiger partial charge in [0.15, 0.2) is 5.96 Å². The summed E-state index contributed by atoms with van der Waals surface area (Å²) in [5.74, 6) is 1.53. The number of hydrogen-bond donors (Lipinski definition) is 2. The van der Waals surface area contributed by atoms with Crippen molar-refractivity contribution in [3.63, 3.8) is 0 Å². The van der Waals surface area contributed by atoms with E-state index < -0.39 is 0 Å². The Bertz CT molecular complexity index is 504. The van der Waals surface area contributed by atoms with Crippen molar-refractivity contribution in [1.82, 2.24) is 15.6 Å². The smallest absolute Gasteiger partial charge is 0.213 e. The highest BCUT2D eigenvalue weighted by atomic mass is 32.2. The first-order valence-electron chi connectivity index (χ1n) is 8.22. The van der Waals surface area contributed by atoms with Crippen LogP contribution in [0.3, 0.4) is 0 Å². The van der Waals surface area contributed by atoms with Crippen molar-refractivity contribution in [2.24, 2.45) is 4.99 Å². The van der Waals surface area contributed by atoms with Gasteiger partial charge in [0, 0.05) is 37.1 Å². The molecule has 2 atom stereocenters. The Morgan fingerprint density at radius 2 is 2.26 bits per heavy atom. The van der Waals surface area contributed by atoms with Gasteiger partial charge in [-0.25, -0.2) is 4.98 Å². The van der Waals surface area contributed by atoms with Crippen molar-refractivity contribution < 1.29 is 4.74 Å². The van der Waals surface area contributed by atoms with E-state index in [0.717, 1.165) is 16.8 Å². The van der Waals surface area contributed by atoms with E-state index in [1.54, 1.807) is 0 Å². The van der Waals surface area contributed by atoms with Crippen LogP contribution >= 0.6 is 11.8 Å². The Kier molecular flexibility index (Phi) is 7.02. The minimum Gasteiger partial charge on any atom is -0.475 e. The highest BCUT2D eigenvalue weighted by molar-refractivity contribution is 7.99. The predicted octanol–water partition coefficient (Wildman–Crippen LogP) is 2.82. The molecule has 23 heavy (non-hydrogen) atoms. The molecule has 1 saturated carbocycles. The summed E-state index contributed by atoms with van der Waals surface area (Å²) in [6, 6.07) is 4.47. The van der Waals surface area contributed by atoms with E-state index in [-0.39, 0.29) is 6.10 Å². The van der Waals surface area contributed by atoms with Crippen molar-refractivity contribution in [2.75, 3.05) is 13.3 Å². The van der Waals surface area contributed by atoms with Crippen LogP contribution < -0.4 is 15.4 Å². The number of aliphatic imine (C=N–C) groups is 1. The molecule has 1 aliphatic rings. The lowest BCUT2D eigenvalue weighted by molar-refractivity contribution is 0.232. The highest BCUT2D eigenvalue weighted by Gasteiger charge is 2.24. The third kappa shape index (κ3) is 5.94. The minimum atomic E-state index is 0.144. The van der Waals surface area contributed by atoms with Crippen molar-refractivity contribution >= 4 is 17.7 Å². The van der Waals surface area contributed by atoms with Crippen LogP contribution in [0.2, 0.25) is 0 Å². The summed E-state index contributed by atoms with van der Waals surface area (Å²) in [7, 11) is 1.81. The number of pyridine rings is 1. The van der Waals surface area contributed by atoms with Gasteiger partial charge in [-0.05, 0) is 44.9 Å². The summed E-state index contributed by atoms with van der Waals surface area (Å²) >= 11 is 1.97. The topological polar surface area (TPSA) is 58.5 Å². The molecule has 1 aromatic rings. The molecule has 0 spiro atoms. The summed E-state index contributed by atoms with van der Waals surface area (Å²) in [5.41, 5.74) is 1.11. The minimum absolute atomic E-state index is 0.144. The zero-order valence-corrected chi connectivity index (χ0v) is 15.3. The molecule has 2 rings (SSSR count). The van der Waals surface area contributed by atoms with Gasteiger partial charge in [0.05, 0.1) is 6.10 Å². The van der Waals surface area contributed by atoms with Crippen LogP contribution in [-0.4, -0.2) is 41.6 Å². The SMILES string of the molecule is CN=C(NCc1ccc(OC(C)C)nc1)NC1CCC(SC)C1. The van der Waals surface area contributed by atoms with E-state index in [0.29, 0.717) is 18.5 Å². The third-order valence-corrected chi connectivity index (χ3v) is 4.99. The predicted molar refractivity (Wildman–Crippen MR) is 98.3 cm³/mol. The standard InChI is InChI=1S/C17H28N4OS/c1-12(2)22-16-8-5-13(10-19-16)11-20-17(18-3)21-14-6-7-15(9-14)23-4/h5,8,10,12,14-15H,6-7,9,11H2,1-4H3,(H2,18,20,21). The molecular weight excluding hydrogens is 308 g/mol. The fraction of sp³-hybridized carbons (Fsp3) is 0.647. The molecule has 0 amide bonds. The van der Waals surface area contributed by atoms with E-state index in [1.165, 1.54) is 19.3 Å². The molecule has 1 aromatic heterocycles. The molecule has 128 valence electrons. The van der Waals surface area contributed by atoms with Gasteiger partial charge in [0.25, 0.3) is 0 Å². The van der Waals surface area contributed by atoms with E-state index in [4.69, 9.17) is 4.74 Å². The van der Waals surface area contributed by atoms with Crippen molar-refractivity contribution in [3.8, 4) is 5.88 Å². The van der Waals surface area contributed by atoms with Crippen LogP contribution in [0.4, 0.5) is 0 Å². The van der Waals surface area contributed by atoms with Crippen molar-refractivity contribution in [1.29, 1.82) is 0 Å². The molecule has 1 fully saturated rings. The summed E-state index contributed by atoms with van der Waals surface area (Å²) in [5, 5.41) is 7.66. The van der Waals surface area contributed by atoms with Gasteiger partial charge in [0.1, 0.15) is 0 Å². The normalized spacial score (nSPS) is 21.5. The summed E-state index contributed by atoms with van der Waals surface area (Å²) in [6.07, 6.45) is 7.90. The number of nitrogens with zero attached hydrogens (tertiary/aromatic N) is 2. The Balaban J connectivity index is 1.79. The quantitative estimate of drug-likeness (QED) is 0.618. The molecular formula is C17H28N4OS. The fourth-order valence-electron chi connectivity index (χ4n) is 2.69. The second kappa shape index (κ2) is 9.01. The number of hydrogen-bond acceptors (Lipinski definition) is 4. The highest BCUT2D eigenvalue weighted by Crippen LogP contribution is 2.27. The van der Waals surface area contributed by atoms with Crippen molar-refractivity contribution in [3.05, 3.63) is 23.9 Å². The van der Waals surface area contributed by atoms with Crippen LogP contribution in [0.1, 0.15) is 38.7 Å². The van der Waals surface area contributed by atoms with Crippen LogP contribution in [-0.2, 0) is 6.54 Å². The Morgan fingerprint density at radius 1 is 1.43 bits per heavy atom. The Hall–Kier alpha value is -1.43. The molecule has 1 aliphatic carbocycles. The third-order valence-electron chi connectivity index (χ3n) is 3.90. The largest absolute Gasteiger partial charge is 0.475 e. The molecule has 0 bridgehead atoms. The molecule has 2 unspecified atom stereocenters. The van der Waals surface area contributed by atoms with Gasteiger partial charge in [-0.2, -0.15) is 11.8 Å². The molecule has 0 aromatic carbocycles. The lowest BCUT2D eigenvalue weighted by Crippen LogP contribution is -2.42. The number of thioether (sulfide) groups is 1. The lowest BCUT2D eigenvalue weighted by atomic mass is 10.2. The van der Waals surface area contributed by atoms with Gasteiger partial charge < -0.3 is 15.4 Å². The summed E-state index contributed by atoms with van der Waals surface area (Å²) in [4.78, 5) is 8.64. The first-order valence-corrected chi connectivity index (χ1v) is 9.51. The van der Waals surface area contributed by atoms with Gasteiger partial charge in [-0.3, -0.25) is 4.99 Å². The molecule has 0 saturated heterocycles. The first-order chi connectivity index (χ1) is 11.1.